The van der Waals surface area contributed by atoms with E-state index in [1.54, 1.807) is 30.3 Å². The summed E-state index contributed by atoms with van der Waals surface area (Å²) >= 11 is 0. The first-order valence-electron chi connectivity index (χ1n) is 10.1. The number of hydrogen-bond donors (Lipinski definition) is 0. The van der Waals surface area contributed by atoms with Gasteiger partial charge in [0.2, 0.25) is 5.91 Å². The quantitative estimate of drug-likeness (QED) is 0.588. The second-order valence-corrected chi connectivity index (χ2v) is 7.32. The maximum Gasteiger partial charge on any atom is 0.246 e. The van der Waals surface area contributed by atoms with E-state index in [1.165, 1.54) is 5.56 Å². The van der Waals surface area contributed by atoms with E-state index in [1.807, 2.05) is 47.3 Å². The van der Waals surface area contributed by atoms with E-state index in [0.29, 0.717) is 26.3 Å². The van der Waals surface area contributed by atoms with Gasteiger partial charge in [-0.3, -0.25) is 9.48 Å². The number of likely N-dealkylation sites (N-methyl/N-ethyl adjacent to an activating group) is 1. The molecule has 0 unspecified atom stereocenters. The van der Waals surface area contributed by atoms with E-state index in [0.717, 1.165) is 29.0 Å². The monoisotopic (exact) mass is 403 g/mol. The molecule has 1 aliphatic heterocycles. The number of nitrogens with zero attached hydrogens (tertiary/aromatic N) is 3. The van der Waals surface area contributed by atoms with E-state index >= 15 is 0 Å². The minimum Gasteiger partial charge on any atom is -0.490 e. The zero-order chi connectivity index (χ0) is 20.8. The molecule has 0 saturated carbocycles. The summed E-state index contributed by atoms with van der Waals surface area (Å²) in [6, 6.07) is 15.9. The molecule has 0 atom stereocenters. The van der Waals surface area contributed by atoms with Crippen molar-refractivity contribution in [3.05, 3.63) is 83.7 Å². The largest absolute Gasteiger partial charge is 0.490 e. The number of carbonyl (C=O) groups excluding carboxylic acids is 1. The fraction of sp³-hybridized carbons (Fsp3) is 0.250. The molecule has 4 rings (SSSR count). The number of hydrogen-bond acceptors (Lipinski definition) is 4. The van der Waals surface area contributed by atoms with E-state index in [-0.39, 0.29) is 5.91 Å². The highest BCUT2D eigenvalue weighted by molar-refractivity contribution is 5.91. The Balaban J connectivity index is 1.34. The second kappa shape index (κ2) is 9.31. The SMILES string of the molecule is CN(Cc1cnn(Cc2ccccc2)c1)C(=O)C=Cc1ccc2c(c1)OCCCO2. The normalized spacial score (nSPS) is 13.2. The lowest BCUT2D eigenvalue weighted by atomic mass is 10.2. The Kier molecular flexibility index (Phi) is 6.13. The van der Waals surface area contributed by atoms with Crippen LogP contribution in [-0.2, 0) is 17.9 Å². The van der Waals surface area contributed by atoms with Crippen LogP contribution in [0, 0.1) is 0 Å². The van der Waals surface area contributed by atoms with Crippen LogP contribution in [0.1, 0.15) is 23.1 Å². The Labute approximate surface area is 176 Å². The Morgan fingerprint density at radius 2 is 1.90 bits per heavy atom. The molecule has 3 aromatic rings. The van der Waals surface area contributed by atoms with Crippen molar-refractivity contribution in [1.29, 1.82) is 0 Å². The van der Waals surface area contributed by atoms with Gasteiger partial charge in [0.15, 0.2) is 11.5 Å². The lowest BCUT2D eigenvalue weighted by Gasteiger charge is -2.13. The molecule has 0 N–H and O–H groups in total. The minimum absolute atomic E-state index is 0.0714. The lowest BCUT2D eigenvalue weighted by molar-refractivity contribution is -0.125. The fourth-order valence-electron chi connectivity index (χ4n) is 3.28. The maximum atomic E-state index is 12.5. The molecule has 1 aromatic heterocycles. The van der Waals surface area contributed by atoms with E-state index in [4.69, 9.17) is 9.47 Å². The molecule has 0 fully saturated rings. The van der Waals surface area contributed by atoms with Crippen molar-refractivity contribution < 1.29 is 14.3 Å². The lowest BCUT2D eigenvalue weighted by Crippen LogP contribution is -2.23. The van der Waals surface area contributed by atoms with Gasteiger partial charge in [0.1, 0.15) is 0 Å². The number of aromatic nitrogens is 2. The minimum atomic E-state index is -0.0714. The molecule has 30 heavy (non-hydrogen) atoms. The van der Waals surface area contributed by atoms with Crippen LogP contribution in [0.15, 0.2) is 67.0 Å². The first kappa shape index (κ1) is 19.8. The van der Waals surface area contributed by atoms with Gasteiger partial charge in [-0.15, -0.1) is 0 Å². The molecule has 0 radical (unpaired) electrons. The van der Waals surface area contributed by atoms with Gasteiger partial charge in [-0.1, -0.05) is 36.4 Å². The van der Waals surface area contributed by atoms with Gasteiger partial charge in [0, 0.05) is 37.8 Å². The van der Waals surface area contributed by atoms with Crippen LogP contribution in [0.3, 0.4) is 0 Å². The van der Waals surface area contributed by atoms with Crippen LogP contribution in [0.4, 0.5) is 0 Å². The van der Waals surface area contributed by atoms with E-state index < -0.39 is 0 Å². The Hall–Kier alpha value is -3.54. The Morgan fingerprint density at radius 1 is 1.10 bits per heavy atom. The first-order valence-corrected chi connectivity index (χ1v) is 10.1. The van der Waals surface area contributed by atoms with Gasteiger partial charge in [0.25, 0.3) is 0 Å². The van der Waals surface area contributed by atoms with Crippen molar-refractivity contribution in [3.63, 3.8) is 0 Å². The molecule has 0 bridgehead atoms. The number of benzene rings is 2. The summed E-state index contributed by atoms with van der Waals surface area (Å²) in [6.45, 7) is 2.51. The first-order chi connectivity index (χ1) is 14.7. The van der Waals surface area contributed by atoms with Crippen molar-refractivity contribution >= 4 is 12.0 Å². The molecule has 154 valence electrons. The van der Waals surface area contributed by atoms with Crippen LogP contribution in [0.5, 0.6) is 11.5 Å². The summed E-state index contributed by atoms with van der Waals surface area (Å²) in [5.41, 5.74) is 3.08. The topological polar surface area (TPSA) is 56.6 Å². The van der Waals surface area contributed by atoms with Crippen LogP contribution < -0.4 is 9.47 Å². The predicted molar refractivity (Wildman–Crippen MR) is 115 cm³/mol. The fourth-order valence-corrected chi connectivity index (χ4v) is 3.28. The molecule has 2 aromatic carbocycles. The number of fused-ring (bicyclic) bond motifs is 1. The summed E-state index contributed by atoms with van der Waals surface area (Å²) in [5, 5.41) is 4.40. The predicted octanol–water partition coefficient (Wildman–Crippen LogP) is 3.76. The Bertz CT molecular complexity index is 1030. The summed E-state index contributed by atoms with van der Waals surface area (Å²) in [7, 11) is 1.79. The molecule has 1 aliphatic rings. The molecule has 0 spiro atoms. The Morgan fingerprint density at radius 3 is 2.73 bits per heavy atom. The van der Waals surface area contributed by atoms with Crippen molar-refractivity contribution in [3.8, 4) is 11.5 Å². The maximum absolute atomic E-state index is 12.5. The highest BCUT2D eigenvalue weighted by atomic mass is 16.5. The van der Waals surface area contributed by atoms with Gasteiger partial charge in [0.05, 0.1) is 26.0 Å². The van der Waals surface area contributed by atoms with Gasteiger partial charge in [-0.05, 0) is 29.3 Å². The van der Waals surface area contributed by atoms with E-state index in [2.05, 4.69) is 17.2 Å². The molecule has 6 heteroatoms. The molecule has 6 nitrogen and oxygen atoms in total. The van der Waals surface area contributed by atoms with Crippen molar-refractivity contribution in [2.45, 2.75) is 19.5 Å². The molecular formula is C24H25N3O3. The highest BCUT2D eigenvalue weighted by Crippen LogP contribution is 2.30. The second-order valence-electron chi connectivity index (χ2n) is 7.32. The zero-order valence-electron chi connectivity index (χ0n) is 17.0. The smallest absolute Gasteiger partial charge is 0.246 e. The van der Waals surface area contributed by atoms with Gasteiger partial charge in [-0.25, -0.2) is 0 Å². The summed E-state index contributed by atoms with van der Waals surface area (Å²) < 4.78 is 13.2. The van der Waals surface area contributed by atoms with Crippen molar-refractivity contribution in [1.82, 2.24) is 14.7 Å². The van der Waals surface area contributed by atoms with Crippen molar-refractivity contribution in [2.24, 2.45) is 0 Å². The average Bonchev–Trinajstić information content (AvgIpc) is 3.06. The van der Waals surface area contributed by atoms with Crippen LogP contribution in [0.2, 0.25) is 0 Å². The van der Waals surface area contributed by atoms with Gasteiger partial charge in [-0.2, -0.15) is 5.10 Å². The summed E-state index contributed by atoms with van der Waals surface area (Å²) in [6.07, 6.45) is 8.02. The third kappa shape index (κ3) is 5.08. The third-order valence-corrected chi connectivity index (χ3v) is 4.86. The molecule has 1 amide bonds. The summed E-state index contributed by atoms with van der Waals surface area (Å²) in [4.78, 5) is 14.2. The number of ether oxygens (including phenoxy) is 2. The third-order valence-electron chi connectivity index (χ3n) is 4.86. The number of carbonyl (C=O) groups is 1. The highest BCUT2D eigenvalue weighted by Gasteiger charge is 2.11. The molecule has 2 heterocycles. The average molecular weight is 403 g/mol. The zero-order valence-corrected chi connectivity index (χ0v) is 17.0. The molecule has 0 saturated heterocycles. The van der Waals surface area contributed by atoms with Gasteiger partial charge < -0.3 is 14.4 Å². The van der Waals surface area contributed by atoms with Crippen LogP contribution >= 0.6 is 0 Å². The van der Waals surface area contributed by atoms with Crippen LogP contribution in [-0.4, -0.2) is 40.8 Å². The van der Waals surface area contributed by atoms with E-state index in [9.17, 15) is 4.79 Å². The summed E-state index contributed by atoms with van der Waals surface area (Å²) in [5.74, 6) is 1.40. The van der Waals surface area contributed by atoms with Gasteiger partial charge >= 0.3 is 0 Å². The molecule has 0 aliphatic carbocycles. The molecular weight excluding hydrogens is 378 g/mol. The number of rotatable bonds is 6. The number of amides is 1. The van der Waals surface area contributed by atoms with Crippen molar-refractivity contribution in [2.75, 3.05) is 20.3 Å². The van der Waals surface area contributed by atoms with Crippen LogP contribution in [0.25, 0.3) is 6.08 Å². The standard InChI is InChI=1S/C24H25N3O3/c1-26(16-21-15-25-27(18-21)17-20-6-3-2-4-7-20)24(28)11-9-19-8-10-22-23(14-19)30-13-5-12-29-22/h2-4,6-11,14-15,18H,5,12-13,16-17H2,1H3.